The molecule has 0 aliphatic carbocycles. The molecule has 0 aliphatic heterocycles. The van der Waals surface area contributed by atoms with Gasteiger partial charge < -0.3 is 19.7 Å². The van der Waals surface area contributed by atoms with E-state index < -0.39 is 28.5 Å². The molecule has 0 saturated carbocycles. The number of carbonyl (C=O) groups is 2. The lowest BCUT2D eigenvalue weighted by molar-refractivity contribution is -0.140. The number of amides is 2. The van der Waals surface area contributed by atoms with Crippen molar-refractivity contribution in [2.45, 2.75) is 51.1 Å². The summed E-state index contributed by atoms with van der Waals surface area (Å²) in [6.45, 7) is 5.73. The van der Waals surface area contributed by atoms with E-state index in [2.05, 4.69) is 5.32 Å². The van der Waals surface area contributed by atoms with Gasteiger partial charge in [0.15, 0.2) is 11.5 Å². The molecule has 1 N–H and O–H groups in total. The third kappa shape index (κ3) is 7.79. The Kier molecular flexibility index (Phi) is 11.2. The molecule has 2 amide bonds. The molecule has 0 fully saturated rings. The quantitative estimate of drug-likeness (QED) is 0.300. The number of carbonyl (C=O) groups excluding carboxylic acids is 2. The van der Waals surface area contributed by atoms with Crippen LogP contribution in [0.4, 0.5) is 5.69 Å². The van der Waals surface area contributed by atoms with Crippen LogP contribution in [0.5, 0.6) is 11.5 Å². The lowest BCUT2D eigenvalue weighted by atomic mass is 10.1. The highest BCUT2D eigenvalue weighted by atomic mass is 32.2. The molecule has 0 radical (unpaired) electrons. The standard InChI is InChI=1S/C31H39N3O6S/c1-6-19-32-31(36)27(7-2)33(21-24-11-9-8-10-12-24)30(35)22-34(25-15-18-28(39-4)29(20-25)40-5)41(37,38)26-16-13-23(3)14-17-26/h8-18,20,27H,6-7,19,21-22H2,1-5H3,(H,32,36). The van der Waals surface area contributed by atoms with E-state index in [1.54, 1.807) is 24.3 Å². The molecule has 3 rings (SSSR count). The molecule has 3 aromatic rings. The first-order valence-corrected chi connectivity index (χ1v) is 15.0. The van der Waals surface area contributed by atoms with Gasteiger partial charge in [0.05, 0.1) is 24.8 Å². The SMILES string of the molecule is CCCNC(=O)C(CC)N(Cc1ccccc1)C(=O)CN(c1ccc(OC)c(OC)c1)S(=O)(=O)c1ccc(C)cc1. The minimum atomic E-state index is -4.19. The van der Waals surface area contributed by atoms with Crippen LogP contribution >= 0.6 is 0 Å². The molecule has 0 spiro atoms. The second-order valence-corrected chi connectivity index (χ2v) is 11.4. The molecule has 41 heavy (non-hydrogen) atoms. The second kappa shape index (κ2) is 14.5. The minimum Gasteiger partial charge on any atom is -0.493 e. The highest BCUT2D eigenvalue weighted by Crippen LogP contribution is 2.34. The predicted molar refractivity (Wildman–Crippen MR) is 160 cm³/mol. The summed E-state index contributed by atoms with van der Waals surface area (Å²) >= 11 is 0. The Balaban J connectivity index is 2.10. The molecular formula is C31H39N3O6S. The van der Waals surface area contributed by atoms with Gasteiger partial charge in [0, 0.05) is 19.2 Å². The Morgan fingerprint density at radius 3 is 2.15 bits per heavy atom. The molecule has 0 saturated heterocycles. The fourth-order valence-corrected chi connectivity index (χ4v) is 5.82. The highest BCUT2D eigenvalue weighted by molar-refractivity contribution is 7.92. The Hall–Kier alpha value is -4.05. The van der Waals surface area contributed by atoms with E-state index in [4.69, 9.17) is 9.47 Å². The van der Waals surface area contributed by atoms with Crippen molar-refractivity contribution < 1.29 is 27.5 Å². The number of hydrogen-bond donors (Lipinski definition) is 1. The maximum atomic E-state index is 14.1. The summed E-state index contributed by atoms with van der Waals surface area (Å²) < 4.78 is 39.9. The smallest absolute Gasteiger partial charge is 0.264 e. The zero-order valence-corrected chi connectivity index (χ0v) is 25.1. The van der Waals surface area contributed by atoms with Gasteiger partial charge in [-0.15, -0.1) is 0 Å². The number of sulfonamides is 1. The largest absolute Gasteiger partial charge is 0.493 e. The van der Waals surface area contributed by atoms with Gasteiger partial charge in [-0.3, -0.25) is 13.9 Å². The molecule has 0 aliphatic rings. The number of methoxy groups -OCH3 is 2. The van der Waals surface area contributed by atoms with Gasteiger partial charge in [0.2, 0.25) is 11.8 Å². The molecule has 1 unspecified atom stereocenters. The third-order valence-electron chi connectivity index (χ3n) is 6.67. The monoisotopic (exact) mass is 581 g/mol. The van der Waals surface area contributed by atoms with Crippen molar-refractivity contribution in [2.75, 3.05) is 31.6 Å². The summed E-state index contributed by atoms with van der Waals surface area (Å²) in [7, 11) is -1.26. The number of rotatable bonds is 14. The molecule has 220 valence electrons. The zero-order chi connectivity index (χ0) is 30.0. The Morgan fingerprint density at radius 2 is 1.56 bits per heavy atom. The minimum absolute atomic E-state index is 0.0352. The molecule has 0 aromatic heterocycles. The van der Waals surface area contributed by atoms with Crippen LogP contribution in [-0.2, 0) is 26.2 Å². The molecular weight excluding hydrogens is 542 g/mol. The van der Waals surface area contributed by atoms with Gasteiger partial charge in [-0.1, -0.05) is 61.9 Å². The van der Waals surface area contributed by atoms with Gasteiger partial charge in [0.25, 0.3) is 10.0 Å². The summed E-state index contributed by atoms with van der Waals surface area (Å²) in [5, 5.41) is 2.88. The number of anilines is 1. The molecule has 9 nitrogen and oxygen atoms in total. The number of ether oxygens (including phenoxy) is 2. The van der Waals surface area contributed by atoms with E-state index in [0.717, 1.165) is 21.9 Å². The maximum Gasteiger partial charge on any atom is 0.264 e. The average molecular weight is 582 g/mol. The Morgan fingerprint density at radius 1 is 0.902 bits per heavy atom. The van der Waals surface area contributed by atoms with E-state index >= 15 is 0 Å². The number of benzene rings is 3. The Labute approximate surface area is 243 Å². The van der Waals surface area contributed by atoms with Crippen LogP contribution in [0.2, 0.25) is 0 Å². The van der Waals surface area contributed by atoms with Crippen LogP contribution in [0.3, 0.4) is 0 Å². The normalized spacial score (nSPS) is 11.8. The van der Waals surface area contributed by atoms with E-state index in [1.807, 2.05) is 51.1 Å². The average Bonchev–Trinajstić information content (AvgIpc) is 2.98. The maximum absolute atomic E-state index is 14.1. The number of nitrogens with zero attached hydrogens (tertiary/aromatic N) is 2. The number of hydrogen-bond acceptors (Lipinski definition) is 6. The van der Waals surface area contributed by atoms with E-state index in [-0.39, 0.29) is 23.0 Å². The molecule has 3 aromatic carbocycles. The lowest BCUT2D eigenvalue weighted by Crippen LogP contribution is -2.52. The zero-order valence-electron chi connectivity index (χ0n) is 24.3. The van der Waals surface area contributed by atoms with Gasteiger partial charge in [-0.05, 0) is 49.6 Å². The van der Waals surface area contributed by atoms with Crippen LogP contribution in [0.1, 0.15) is 37.8 Å². The van der Waals surface area contributed by atoms with Crippen molar-refractivity contribution in [1.29, 1.82) is 0 Å². The predicted octanol–water partition coefficient (Wildman–Crippen LogP) is 4.54. The summed E-state index contributed by atoms with van der Waals surface area (Å²) in [5.41, 5.74) is 1.94. The van der Waals surface area contributed by atoms with Crippen molar-refractivity contribution in [3.8, 4) is 11.5 Å². The fourth-order valence-electron chi connectivity index (χ4n) is 4.41. The summed E-state index contributed by atoms with van der Waals surface area (Å²) in [6, 6.07) is 19.6. The number of nitrogens with one attached hydrogen (secondary N) is 1. The molecule has 10 heteroatoms. The lowest BCUT2D eigenvalue weighted by Gasteiger charge is -2.33. The van der Waals surface area contributed by atoms with Crippen molar-refractivity contribution in [1.82, 2.24) is 10.2 Å². The van der Waals surface area contributed by atoms with Crippen molar-refractivity contribution >= 4 is 27.5 Å². The summed E-state index contributed by atoms with van der Waals surface area (Å²) in [6.07, 6.45) is 1.10. The summed E-state index contributed by atoms with van der Waals surface area (Å²) in [4.78, 5) is 28.8. The van der Waals surface area contributed by atoms with Crippen molar-refractivity contribution in [3.05, 3.63) is 83.9 Å². The fraction of sp³-hybridized carbons (Fsp3) is 0.355. The first-order chi connectivity index (χ1) is 19.7. The van der Waals surface area contributed by atoms with Crippen LogP contribution < -0.4 is 19.1 Å². The van der Waals surface area contributed by atoms with Gasteiger partial charge >= 0.3 is 0 Å². The Bertz CT molecular complexity index is 1410. The van der Waals surface area contributed by atoms with Crippen LogP contribution in [-0.4, -0.2) is 58.5 Å². The first kappa shape index (κ1) is 31.5. The van der Waals surface area contributed by atoms with Gasteiger partial charge in [-0.2, -0.15) is 0 Å². The van der Waals surface area contributed by atoms with E-state index in [0.29, 0.717) is 24.5 Å². The third-order valence-corrected chi connectivity index (χ3v) is 8.46. The molecule has 0 heterocycles. The second-order valence-electron chi connectivity index (χ2n) is 9.59. The van der Waals surface area contributed by atoms with Gasteiger partial charge in [0.1, 0.15) is 12.6 Å². The van der Waals surface area contributed by atoms with E-state index in [9.17, 15) is 18.0 Å². The highest BCUT2D eigenvalue weighted by Gasteiger charge is 2.34. The van der Waals surface area contributed by atoms with Crippen LogP contribution in [0.25, 0.3) is 0 Å². The molecule has 0 bridgehead atoms. The summed E-state index contributed by atoms with van der Waals surface area (Å²) in [5.74, 6) is -0.0665. The van der Waals surface area contributed by atoms with Crippen molar-refractivity contribution in [2.24, 2.45) is 0 Å². The molecule has 1 atom stereocenters. The topological polar surface area (TPSA) is 105 Å². The number of aryl methyl sites for hydroxylation is 1. The van der Waals surface area contributed by atoms with Gasteiger partial charge in [-0.25, -0.2) is 8.42 Å². The van der Waals surface area contributed by atoms with Crippen LogP contribution in [0, 0.1) is 6.92 Å². The van der Waals surface area contributed by atoms with Crippen molar-refractivity contribution in [3.63, 3.8) is 0 Å². The van der Waals surface area contributed by atoms with Crippen LogP contribution in [0.15, 0.2) is 77.7 Å². The first-order valence-electron chi connectivity index (χ1n) is 13.6. The van der Waals surface area contributed by atoms with E-state index in [1.165, 1.54) is 37.3 Å².